The SMILES string of the molecule is CCOC(=O)N1CCN(c2ccnc3[nH]c(-c4cccc(OC)n4)cc23)CC1. The summed E-state index contributed by atoms with van der Waals surface area (Å²) in [5.74, 6) is 0.569. The van der Waals surface area contributed by atoms with Crippen LogP contribution in [0.2, 0.25) is 0 Å². The molecule has 0 unspecified atom stereocenters. The Bertz CT molecular complexity index is 979. The zero-order chi connectivity index (χ0) is 19.5. The Morgan fingerprint density at radius 1 is 1.21 bits per heavy atom. The zero-order valence-corrected chi connectivity index (χ0v) is 16.0. The lowest BCUT2D eigenvalue weighted by atomic mass is 10.2. The number of carbonyl (C=O) groups excluding carboxylic acids is 1. The maximum absolute atomic E-state index is 11.9. The van der Waals surface area contributed by atoms with E-state index in [9.17, 15) is 4.79 Å². The molecular formula is C20H23N5O3. The van der Waals surface area contributed by atoms with Gasteiger partial charge in [0.05, 0.1) is 25.1 Å². The third-order valence-corrected chi connectivity index (χ3v) is 4.86. The molecule has 0 aromatic carbocycles. The van der Waals surface area contributed by atoms with Crippen LogP contribution < -0.4 is 9.64 Å². The van der Waals surface area contributed by atoms with Gasteiger partial charge in [0.15, 0.2) is 0 Å². The molecule has 1 aliphatic rings. The van der Waals surface area contributed by atoms with Gasteiger partial charge in [-0.05, 0) is 25.1 Å². The van der Waals surface area contributed by atoms with Crippen molar-refractivity contribution in [2.75, 3.05) is 44.8 Å². The number of nitrogens with zero attached hydrogens (tertiary/aromatic N) is 4. The molecule has 8 heteroatoms. The second-order valence-corrected chi connectivity index (χ2v) is 6.51. The minimum Gasteiger partial charge on any atom is -0.481 e. The van der Waals surface area contributed by atoms with E-state index in [-0.39, 0.29) is 6.09 Å². The van der Waals surface area contributed by atoms with Gasteiger partial charge in [-0.3, -0.25) is 0 Å². The van der Waals surface area contributed by atoms with Gasteiger partial charge in [0, 0.05) is 49.5 Å². The molecule has 4 heterocycles. The Balaban J connectivity index is 1.59. The summed E-state index contributed by atoms with van der Waals surface area (Å²) in [6, 6.07) is 9.75. The number of methoxy groups -OCH3 is 1. The van der Waals surface area contributed by atoms with Crippen LogP contribution in [0.15, 0.2) is 36.5 Å². The van der Waals surface area contributed by atoms with E-state index in [0.29, 0.717) is 25.6 Å². The Hall–Kier alpha value is -3.29. The molecular weight excluding hydrogens is 358 g/mol. The van der Waals surface area contributed by atoms with Gasteiger partial charge >= 0.3 is 6.09 Å². The number of fused-ring (bicyclic) bond motifs is 1. The van der Waals surface area contributed by atoms with Gasteiger partial charge in [0.2, 0.25) is 5.88 Å². The van der Waals surface area contributed by atoms with Crippen molar-refractivity contribution in [3.63, 3.8) is 0 Å². The lowest BCUT2D eigenvalue weighted by molar-refractivity contribution is 0.105. The molecule has 0 aliphatic carbocycles. The van der Waals surface area contributed by atoms with E-state index in [1.165, 1.54) is 0 Å². The molecule has 28 heavy (non-hydrogen) atoms. The maximum atomic E-state index is 11.9. The summed E-state index contributed by atoms with van der Waals surface area (Å²) in [6.07, 6.45) is 1.56. The number of piperazine rings is 1. The van der Waals surface area contributed by atoms with Crippen molar-refractivity contribution >= 4 is 22.8 Å². The minimum atomic E-state index is -0.241. The number of anilines is 1. The summed E-state index contributed by atoms with van der Waals surface area (Å²) in [5, 5.41) is 1.03. The average Bonchev–Trinajstić information content (AvgIpc) is 3.18. The van der Waals surface area contributed by atoms with Gasteiger partial charge in [-0.2, -0.15) is 0 Å². The molecule has 0 bridgehead atoms. The number of H-pyrrole nitrogens is 1. The molecule has 0 saturated carbocycles. The second kappa shape index (κ2) is 7.75. The van der Waals surface area contributed by atoms with Crippen LogP contribution in [0.3, 0.4) is 0 Å². The van der Waals surface area contributed by atoms with Crippen LogP contribution in [0.5, 0.6) is 5.88 Å². The monoisotopic (exact) mass is 381 g/mol. The largest absolute Gasteiger partial charge is 0.481 e. The first kappa shape index (κ1) is 18.1. The van der Waals surface area contributed by atoms with Crippen molar-refractivity contribution in [2.24, 2.45) is 0 Å². The summed E-state index contributed by atoms with van der Waals surface area (Å²) in [4.78, 5) is 28.3. The van der Waals surface area contributed by atoms with Crippen LogP contribution in [0.25, 0.3) is 22.4 Å². The van der Waals surface area contributed by atoms with Gasteiger partial charge in [0.1, 0.15) is 5.65 Å². The lowest BCUT2D eigenvalue weighted by Crippen LogP contribution is -2.49. The molecule has 4 rings (SSSR count). The first-order valence-corrected chi connectivity index (χ1v) is 9.35. The van der Waals surface area contributed by atoms with E-state index < -0.39 is 0 Å². The topological polar surface area (TPSA) is 83.6 Å². The van der Waals surface area contributed by atoms with E-state index in [0.717, 1.165) is 41.2 Å². The number of ether oxygens (including phenoxy) is 2. The third-order valence-electron chi connectivity index (χ3n) is 4.86. The number of hydrogen-bond donors (Lipinski definition) is 1. The van der Waals surface area contributed by atoms with Crippen molar-refractivity contribution in [2.45, 2.75) is 6.92 Å². The minimum absolute atomic E-state index is 0.241. The fourth-order valence-corrected chi connectivity index (χ4v) is 3.45. The van der Waals surface area contributed by atoms with E-state index in [4.69, 9.17) is 9.47 Å². The van der Waals surface area contributed by atoms with Crippen LogP contribution >= 0.6 is 0 Å². The van der Waals surface area contributed by atoms with Crippen molar-refractivity contribution in [1.82, 2.24) is 19.9 Å². The molecule has 1 aliphatic heterocycles. The van der Waals surface area contributed by atoms with E-state index in [2.05, 4.69) is 25.9 Å². The number of pyridine rings is 2. The number of amides is 1. The van der Waals surface area contributed by atoms with E-state index in [1.54, 1.807) is 18.2 Å². The van der Waals surface area contributed by atoms with Crippen LogP contribution in [0, 0.1) is 0 Å². The summed E-state index contributed by atoms with van der Waals surface area (Å²) >= 11 is 0. The lowest BCUT2D eigenvalue weighted by Gasteiger charge is -2.35. The van der Waals surface area contributed by atoms with Crippen molar-refractivity contribution in [3.8, 4) is 17.3 Å². The van der Waals surface area contributed by atoms with Gasteiger partial charge in [-0.25, -0.2) is 14.8 Å². The smallest absolute Gasteiger partial charge is 0.409 e. The molecule has 1 saturated heterocycles. The Labute approximate surface area is 163 Å². The summed E-state index contributed by atoms with van der Waals surface area (Å²) in [6.45, 7) is 4.98. The number of aromatic nitrogens is 3. The first-order chi connectivity index (χ1) is 13.7. The Morgan fingerprint density at radius 3 is 2.79 bits per heavy atom. The zero-order valence-electron chi connectivity index (χ0n) is 16.0. The standard InChI is InChI=1S/C20H23N5O3/c1-3-28-20(26)25-11-9-24(10-12-25)17-7-8-21-19-14(17)13-16(23-19)15-5-4-6-18(22-15)27-2/h4-8,13H,3,9-12H2,1-2H3,(H,21,23). The fraction of sp³-hybridized carbons (Fsp3) is 0.350. The van der Waals surface area contributed by atoms with Crippen LogP contribution in [-0.4, -0.2) is 65.8 Å². The average molecular weight is 381 g/mol. The van der Waals surface area contributed by atoms with Crippen molar-refractivity contribution in [3.05, 3.63) is 36.5 Å². The summed E-state index contributed by atoms with van der Waals surface area (Å²) < 4.78 is 10.3. The predicted molar refractivity (Wildman–Crippen MR) is 107 cm³/mol. The molecule has 1 N–H and O–H groups in total. The molecule has 3 aromatic rings. The molecule has 0 atom stereocenters. The highest BCUT2D eigenvalue weighted by atomic mass is 16.6. The fourth-order valence-electron chi connectivity index (χ4n) is 3.45. The molecule has 0 radical (unpaired) electrons. The van der Waals surface area contributed by atoms with Gasteiger partial charge in [-0.1, -0.05) is 6.07 Å². The second-order valence-electron chi connectivity index (χ2n) is 6.51. The maximum Gasteiger partial charge on any atom is 0.409 e. The third kappa shape index (κ3) is 3.45. The number of carbonyl (C=O) groups is 1. The summed E-state index contributed by atoms with van der Waals surface area (Å²) in [7, 11) is 1.60. The number of nitrogens with one attached hydrogen (secondary N) is 1. The Morgan fingerprint density at radius 2 is 2.04 bits per heavy atom. The van der Waals surface area contributed by atoms with Crippen molar-refractivity contribution in [1.29, 1.82) is 0 Å². The molecule has 1 amide bonds. The van der Waals surface area contributed by atoms with Crippen molar-refractivity contribution < 1.29 is 14.3 Å². The number of hydrogen-bond acceptors (Lipinski definition) is 6. The highest BCUT2D eigenvalue weighted by Crippen LogP contribution is 2.30. The molecule has 1 fully saturated rings. The number of aromatic amines is 1. The quantitative estimate of drug-likeness (QED) is 0.748. The van der Waals surface area contributed by atoms with Crippen LogP contribution in [-0.2, 0) is 4.74 Å². The normalized spacial score (nSPS) is 14.4. The highest BCUT2D eigenvalue weighted by Gasteiger charge is 2.23. The van der Waals surface area contributed by atoms with Gasteiger partial charge in [-0.15, -0.1) is 0 Å². The summed E-state index contributed by atoms with van der Waals surface area (Å²) in [5.41, 5.74) is 3.60. The van der Waals surface area contributed by atoms with Gasteiger partial charge < -0.3 is 24.3 Å². The molecule has 146 valence electrons. The van der Waals surface area contributed by atoms with Crippen LogP contribution in [0.1, 0.15) is 6.92 Å². The van der Waals surface area contributed by atoms with E-state index in [1.807, 2.05) is 31.2 Å². The highest BCUT2D eigenvalue weighted by molar-refractivity contribution is 5.93. The predicted octanol–water partition coefficient (Wildman–Crippen LogP) is 2.91. The number of rotatable bonds is 4. The Kier molecular flexibility index (Phi) is 5.01. The molecule has 3 aromatic heterocycles. The molecule has 0 spiro atoms. The van der Waals surface area contributed by atoms with Crippen LogP contribution in [0.4, 0.5) is 10.5 Å². The van der Waals surface area contributed by atoms with Gasteiger partial charge in [0.25, 0.3) is 0 Å². The first-order valence-electron chi connectivity index (χ1n) is 9.35. The van der Waals surface area contributed by atoms with E-state index >= 15 is 0 Å². The molecule has 8 nitrogen and oxygen atoms in total.